The minimum Gasteiger partial charge on any atom is -0.299 e. The lowest BCUT2D eigenvalue weighted by atomic mass is 10.1. The third-order valence-electron chi connectivity index (χ3n) is 2.09. The summed E-state index contributed by atoms with van der Waals surface area (Å²) in [6.07, 6.45) is 8.32. The number of hydrogen-bond donors (Lipinski definition) is 0. The Kier molecular flexibility index (Phi) is 3.34. The lowest BCUT2D eigenvalue weighted by Gasteiger charge is -1.98. The molecule has 1 aliphatic carbocycles. The number of carbonyl (C=O) groups is 1. The van der Waals surface area contributed by atoms with E-state index in [1.807, 2.05) is 0 Å². The fraction of sp³-hybridized carbons (Fsp3) is 0.700. The van der Waals surface area contributed by atoms with Gasteiger partial charge in [-0.3, -0.25) is 4.79 Å². The highest BCUT2D eigenvalue weighted by atomic mass is 16.1. The zero-order valence-electron chi connectivity index (χ0n) is 7.23. The second kappa shape index (κ2) is 4.32. The molecule has 0 aromatic carbocycles. The maximum atomic E-state index is 11.2. The van der Waals surface area contributed by atoms with Gasteiger partial charge in [-0.25, -0.2) is 0 Å². The molecule has 0 aromatic rings. The van der Waals surface area contributed by atoms with Crippen molar-refractivity contribution in [3.8, 4) is 0 Å². The molecule has 0 saturated carbocycles. The van der Waals surface area contributed by atoms with E-state index in [0.29, 0.717) is 5.78 Å². The number of ketones is 1. The zero-order chi connectivity index (χ0) is 8.10. The van der Waals surface area contributed by atoms with E-state index >= 15 is 0 Å². The van der Waals surface area contributed by atoms with Crippen molar-refractivity contribution in [1.82, 2.24) is 0 Å². The van der Waals surface area contributed by atoms with Crippen molar-refractivity contribution in [2.45, 2.75) is 45.4 Å². The lowest BCUT2D eigenvalue weighted by Crippen LogP contribution is -1.97. The van der Waals surface area contributed by atoms with E-state index in [1.54, 1.807) is 0 Å². The van der Waals surface area contributed by atoms with Gasteiger partial charge in [0.05, 0.1) is 0 Å². The molecule has 11 heavy (non-hydrogen) atoms. The first kappa shape index (κ1) is 8.51. The Bertz CT molecular complexity index is 168. The highest BCUT2D eigenvalue weighted by Gasteiger charge is 2.08. The average molecular weight is 152 g/mol. The minimum atomic E-state index is 0.417. The van der Waals surface area contributed by atoms with E-state index in [0.717, 1.165) is 25.7 Å². The summed E-state index contributed by atoms with van der Waals surface area (Å²) in [5.74, 6) is 0.417. The topological polar surface area (TPSA) is 17.1 Å². The van der Waals surface area contributed by atoms with E-state index in [-0.39, 0.29) is 0 Å². The summed E-state index contributed by atoms with van der Waals surface area (Å²) in [6, 6.07) is 0. The van der Waals surface area contributed by atoms with Gasteiger partial charge in [0, 0.05) is 12.8 Å². The van der Waals surface area contributed by atoms with Gasteiger partial charge in [0.15, 0.2) is 0 Å². The maximum Gasteiger partial charge on any atom is 0.136 e. The first-order valence-corrected chi connectivity index (χ1v) is 4.52. The minimum absolute atomic E-state index is 0.417. The summed E-state index contributed by atoms with van der Waals surface area (Å²) in [7, 11) is 0. The first-order chi connectivity index (χ1) is 5.33. The van der Waals surface area contributed by atoms with Gasteiger partial charge in [-0.1, -0.05) is 18.6 Å². The molecule has 0 radical (unpaired) electrons. The molecule has 62 valence electrons. The van der Waals surface area contributed by atoms with E-state index in [1.165, 1.54) is 18.4 Å². The molecule has 1 nitrogen and oxygen atoms in total. The van der Waals surface area contributed by atoms with Crippen LogP contribution in [0, 0.1) is 0 Å². The predicted molar refractivity (Wildman–Crippen MR) is 46.5 cm³/mol. The van der Waals surface area contributed by atoms with Crippen LogP contribution >= 0.6 is 0 Å². The normalized spacial score (nSPS) is 16.6. The van der Waals surface area contributed by atoms with Gasteiger partial charge in [0.1, 0.15) is 5.78 Å². The Hall–Kier alpha value is -0.590. The lowest BCUT2D eigenvalue weighted by molar-refractivity contribution is -0.118. The predicted octanol–water partition coefficient (Wildman–Crippen LogP) is 2.86. The molecule has 0 fully saturated rings. The molecular formula is C10H16O. The number of Topliss-reactive ketones (excluding diaryl/α,β-unsaturated/α-hetero) is 1. The highest BCUT2D eigenvalue weighted by molar-refractivity contribution is 5.80. The molecule has 0 N–H and O–H groups in total. The van der Waals surface area contributed by atoms with E-state index in [2.05, 4.69) is 13.0 Å². The Morgan fingerprint density at radius 1 is 1.64 bits per heavy atom. The van der Waals surface area contributed by atoms with Crippen molar-refractivity contribution < 1.29 is 4.79 Å². The summed E-state index contributed by atoms with van der Waals surface area (Å²) >= 11 is 0. The van der Waals surface area contributed by atoms with Gasteiger partial charge in [-0.05, 0) is 25.7 Å². The van der Waals surface area contributed by atoms with E-state index in [4.69, 9.17) is 0 Å². The van der Waals surface area contributed by atoms with Crippen LogP contribution in [0.1, 0.15) is 45.4 Å². The largest absolute Gasteiger partial charge is 0.299 e. The van der Waals surface area contributed by atoms with Crippen LogP contribution in [0.2, 0.25) is 0 Å². The van der Waals surface area contributed by atoms with Gasteiger partial charge in [-0.15, -0.1) is 0 Å². The molecule has 0 aliphatic heterocycles. The Labute approximate surface area is 68.5 Å². The number of rotatable bonds is 4. The standard InChI is InChI=1S/C10H16O/c1-2-5-10(11)8-9-6-3-4-7-9/h6H,2-5,7-8H2,1H3. The van der Waals surface area contributed by atoms with Crippen LogP contribution in [0.5, 0.6) is 0 Å². The summed E-state index contributed by atoms with van der Waals surface area (Å²) in [6.45, 7) is 2.06. The molecule has 0 heterocycles. The Morgan fingerprint density at radius 3 is 3.00 bits per heavy atom. The van der Waals surface area contributed by atoms with Gasteiger partial charge < -0.3 is 0 Å². The smallest absolute Gasteiger partial charge is 0.136 e. The third kappa shape index (κ3) is 2.87. The van der Waals surface area contributed by atoms with Crippen molar-refractivity contribution in [2.75, 3.05) is 0 Å². The van der Waals surface area contributed by atoms with Crippen molar-refractivity contribution in [1.29, 1.82) is 0 Å². The van der Waals surface area contributed by atoms with Gasteiger partial charge in [-0.2, -0.15) is 0 Å². The molecule has 1 rings (SSSR count). The first-order valence-electron chi connectivity index (χ1n) is 4.52. The quantitative estimate of drug-likeness (QED) is 0.566. The van der Waals surface area contributed by atoms with Crippen molar-refractivity contribution >= 4 is 5.78 Å². The fourth-order valence-electron chi connectivity index (χ4n) is 1.52. The van der Waals surface area contributed by atoms with Crippen LogP contribution in [-0.2, 0) is 4.79 Å². The molecule has 0 unspecified atom stereocenters. The second-order valence-electron chi connectivity index (χ2n) is 3.22. The van der Waals surface area contributed by atoms with Crippen LogP contribution < -0.4 is 0 Å². The number of hydrogen-bond acceptors (Lipinski definition) is 1. The summed E-state index contributed by atoms with van der Waals surface area (Å²) in [5.41, 5.74) is 1.38. The molecule has 0 spiro atoms. The second-order valence-corrected chi connectivity index (χ2v) is 3.22. The van der Waals surface area contributed by atoms with Crippen molar-refractivity contribution in [3.05, 3.63) is 11.6 Å². The van der Waals surface area contributed by atoms with Crippen LogP contribution in [-0.4, -0.2) is 5.78 Å². The fourth-order valence-corrected chi connectivity index (χ4v) is 1.52. The van der Waals surface area contributed by atoms with Crippen LogP contribution in [0.25, 0.3) is 0 Å². The summed E-state index contributed by atoms with van der Waals surface area (Å²) in [4.78, 5) is 11.2. The SMILES string of the molecule is CCCC(=O)CC1=CCCC1. The van der Waals surface area contributed by atoms with Gasteiger partial charge >= 0.3 is 0 Å². The average Bonchev–Trinajstić information content (AvgIpc) is 2.40. The van der Waals surface area contributed by atoms with Crippen LogP contribution in [0.4, 0.5) is 0 Å². The van der Waals surface area contributed by atoms with E-state index in [9.17, 15) is 4.79 Å². The van der Waals surface area contributed by atoms with Gasteiger partial charge in [0.2, 0.25) is 0 Å². The molecule has 0 amide bonds. The van der Waals surface area contributed by atoms with Crippen LogP contribution in [0.3, 0.4) is 0 Å². The summed E-state index contributed by atoms with van der Waals surface area (Å²) in [5, 5.41) is 0. The van der Waals surface area contributed by atoms with Crippen molar-refractivity contribution in [2.24, 2.45) is 0 Å². The number of allylic oxidation sites excluding steroid dienone is 2. The highest BCUT2D eigenvalue weighted by Crippen LogP contribution is 2.21. The van der Waals surface area contributed by atoms with Crippen LogP contribution in [0.15, 0.2) is 11.6 Å². The molecule has 1 heteroatoms. The molecule has 0 bridgehead atoms. The molecule has 1 aliphatic rings. The van der Waals surface area contributed by atoms with Gasteiger partial charge in [0.25, 0.3) is 0 Å². The molecular weight excluding hydrogens is 136 g/mol. The van der Waals surface area contributed by atoms with E-state index < -0.39 is 0 Å². The zero-order valence-corrected chi connectivity index (χ0v) is 7.23. The number of carbonyl (C=O) groups excluding carboxylic acids is 1. The molecule has 0 saturated heterocycles. The maximum absolute atomic E-state index is 11.2. The monoisotopic (exact) mass is 152 g/mol. The summed E-state index contributed by atoms with van der Waals surface area (Å²) < 4.78 is 0. The Morgan fingerprint density at radius 2 is 2.45 bits per heavy atom. The molecule has 0 aromatic heterocycles. The molecule has 0 atom stereocenters. The van der Waals surface area contributed by atoms with Crippen molar-refractivity contribution in [3.63, 3.8) is 0 Å². The Balaban J connectivity index is 2.24. The third-order valence-corrected chi connectivity index (χ3v) is 2.09.